The predicted octanol–water partition coefficient (Wildman–Crippen LogP) is 6.61. The molecule has 0 amide bonds. The Morgan fingerprint density at radius 2 is 1.06 bits per heavy atom. The molecule has 2 aromatic rings. The summed E-state index contributed by atoms with van der Waals surface area (Å²) in [7, 11) is 0. The highest BCUT2D eigenvalue weighted by atomic mass is 32.2. The average molecular weight is 495 g/mol. The van der Waals surface area contributed by atoms with Crippen molar-refractivity contribution >= 4 is 23.7 Å². The molecule has 4 rings (SSSR count). The van der Waals surface area contributed by atoms with Gasteiger partial charge in [-0.3, -0.25) is 9.59 Å². The molecule has 2 aliphatic heterocycles. The van der Waals surface area contributed by atoms with Gasteiger partial charge in [0.2, 0.25) is 0 Å². The lowest BCUT2D eigenvalue weighted by molar-refractivity contribution is -0.178. The lowest BCUT2D eigenvalue weighted by Crippen LogP contribution is -2.48. The molecule has 35 heavy (non-hydrogen) atoms. The zero-order valence-electron chi connectivity index (χ0n) is 21.0. The Kier molecular flexibility index (Phi) is 8.59. The van der Waals surface area contributed by atoms with E-state index in [9.17, 15) is 9.59 Å². The summed E-state index contributed by atoms with van der Waals surface area (Å²) in [5.74, 6) is 2.16. The smallest absolute Gasteiger partial charge is 0.309 e. The molecule has 0 bridgehead atoms. The number of thioether (sulfide) groups is 1. The van der Waals surface area contributed by atoms with E-state index in [0.29, 0.717) is 12.8 Å². The van der Waals surface area contributed by atoms with Gasteiger partial charge in [0.15, 0.2) is 0 Å². The van der Waals surface area contributed by atoms with Crippen molar-refractivity contribution in [2.75, 3.05) is 11.5 Å². The maximum atomic E-state index is 11.5. The number of hydrogen-bond acceptors (Lipinski definition) is 5. The number of hydrogen-bond donors (Lipinski definition) is 0. The normalized spacial score (nSPS) is 22.7. The van der Waals surface area contributed by atoms with E-state index in [0.717, 1.165) is 37.2 Å². The van der Waals surface area contributed by atoms with Crippen LogP contribution in [0.4, 0.5) is 0 Å². The van der Waals surface area contributed by atoms with Crippen LogP contribution >= 0.6 is 11.8 Å². The molecule has 4 atom stereocenters. The lowest BCUT2D eigenvalue weighted by atomic mass is 9.71. The highest BCUT2D eigenvalue weighted by Gasteiger charge is 2.46. The number of rotatable bonds is 14. The van der Waals surface area contributed by atoms with E-state index < -0.39 is 0 Å². The summed E-state index contributed by atoms with van der Waals surface area (Å²) in [6.07, 6.45) is 7.73. The van der Waals surface area contributed by atoms with E-state index in [1.807, 2.05) is 23.9 Å². The monoisotopic (exact) mass is 494 g/mol. The van der Waals surface area contributed by atoms with Gasteiger partial charge in [-0.25, -0.2) is 0 Å². The SMILES string of the molecule is CC(CCCCSCCCCC(C)(c1ccccc1)C1CC(=O)O1)(c1ccccc1)C1CC(=O)O1. The standard InChI is InChI=1S/C30H38O4S/c1-29(25-21-27(31)33-25,23-13-5-3-6-14-23)17-9-11-19-35-20-12-10-18-30(2,26-22-28(32)34-26)24-15-7-4-8-16-24/h3-8,13-16,25-26H,9-12,17-22H2,1-2H3. The van der Waals surface area contributed by atoms with Gasteiger partial charge in [0, 0.05) is 10.8 Å². The first-order chi connectivity index (χ1) is 16.9. The first kappa shape index (κ1) is 25.8. The summed E-state index contributed by atoms with van der Waals surface area (Å²) >= 11 is 2.03. The highest BCUT2D eigenvalue weighted by Crippen LogP contribution is 2.41. The Morgan fingerprint density at radius 1 is 0.686 bits per heavy atom. The van der Waals surface area contributed by atoms with Crippen molar-refractivity contribution in [3.63, 3.8) is 0 Å². The Balaban J connectivity index is 1.16. The molecule has 2 saturated heterocycles. The molecule has 0 spiro atoms. The van der Waals surface area contributed by atoms with Gasteiger partial charge in [0.05, 0.1) is 12.8 Å². The van der Waals surface area contributed by atoms with Gasteiger partial charge >= 0.3 is 11.9 Å². The van der Waals surface area contributed by atoms with Gasteiger partial charge in [-0.05, 0) is 48.3 Å². The number of ether oxygens (including phenoxy) is 2. The lowest BCUT2D eigenvalue weighted by Gasteiger charge is -2.42. The molecule has 0 aliphatic carbocycles. The molecular weight excluding hydrogens is 456 g/mol. The number of esters is 2. The van der Waals surface area contributed by atoms with Gasteiger partial charge in [-0.15, -0.1) is 0 Å². The molecule has 0 N–H and O–H groups in total. The van der Waals surface area contributed by atoms with Crippen LogP contribution in [-0.4, -0.2) is 35.7 Å². The molecule has 2 aliphatic rings. The van der Waals surface area contributed by atoms with E-state index in [-0.39, 0.29) is 35.0 Å². The first-order valence-corrected chi connectivity index (χ1v) is 14.1. The number of cyclic esters (lactones) is 2. The van der Waals surface area contributed by atoms with Crippen molar-refractivity contribution in [2.45, 2.75) is 88.3 Å². The van der Waals surface area contributed by atoms with Gasteiger partial charge in [0.1, 0.15) is 12.2 Å². The Bertz CT molecular complexity index is 883. The van der Waals surface area contributed by atoms with E-state index in [1.165, 1.54) is 24.0 Å². The van der Waals surface area contributed by atoms with Crippen LogP contribution in [0.25, 0.3) is 0 Å². The fourth-order valence-electron chi connectivity index (χ4n) is 5.43. The fraction of sp³-hybridized carbons (Fsp3) is 0.533. The molecule has 2 heterocycles. The van der Waals surface area contributed by atoms with Crippen LogP contribution in [0.2, 0.25) is 0 Å². The second-order valence-corrected chi connectivity index (χ2v) is 11.7. The summed E-state index contributed by atoms with van der Waals surface area (Å²) < 4.78 is 11.0. The number of carbonyl (C=O) groups is 2. The van der Waals surface area contributed by atoms with Gasteiger partial charge in [-0.1, -0.05) is 87.4 Å². The van der Waals surface area contributed by atoms with E-state index in [4.69, 9.17) is 9.47 Å². The highest BCUT2D eigenvalue weighted by molar-refractivity contribution is 7.99. The second kappa shape index (κ2) is 11.6. The molecule has 0 radical (unpaired) electrons. The third-order valence-electron chi connectivity index (χ3n) is 8.01. The van der Waals surface area contributed by atoms with Gasteiger partial charge in [-0.2, -0.15) is 11.8 Å². The first-order valence-electron chi connectivity index (χ1n) is 13.0. The van der Waals surface area contributed by atoms with Crippen LogP contribution in [0.15, 0.2) is 60.7 Å². The van der Waals surface area contributed by atoms with Crippen molar-refractivity contribution in [1.29, 1.82) is 0 Å². The molecule has 0 aromatic heterocycles. The molecule has 4 unspecified atom stereocenters. The second-order valence-electron chi connectivity index (χ2n) is 10.5. The topological polar surface area (TPSA) is 52.6 Å². The zero-order chi connectivity index (χ0) is 24.7. The fourth-order valence-corrected chi connectivity index (χ4v) is 6.45. The third-order valence-corrected chi connectivity index (χ3v) is 9.16. The number of carbonyl (C=O) groups excluding carboxylic acids is 2. The minimum Gasteiger partial charge on any atom is -0.461 e. The van der Waals surface area contributed by atoms with Crippen LogP contribution in [-0.2, 0) is 29.9 Å². The Hall–Kier alpha value is -2.27. The van der Waals surface area contributed by atoms with Crippen molar-refractivity contribution in [2.24, 2.45) is 0 Å². The molecule has 188 valence electrons. The quantitative estimate of drug-likeness (QED) is 0.219. The Labute approximate surface area is 214 Å². The number of benzene rings is 2. The van der Waals surface area contributed by atoms with Crippen LogP contribution in [0.3, 0.4) is 0 Å². The van der Waals surface area contributed by atoms with Crippen LogP contribution in [0, 0.1) is 0 Å². The maximum absolute atomic E-state index is 11.5. The van der Waals surface area contributed by atoms with Crippen molar-refractivity contribution in [3.8, 4) is 0 Å². The van der Waals surface area contributed by atoms with Crippen molar-refractivity contribution in [1.82, 2.24) is 0 Å². The summed E-state index contributed by atoms with van der Waals surface area (Å²) in [5, 5.41) is 0. The van der Waals surface area contributed by atoms with E-state index in [2.05, 4.69) is 62.4 Å². The molecule has 0 saturated carbocycles. The van der Waals surface area contributed by atoms with Gasteiger partial charge in [0.25, 0.3) is 0 Å². The van der Waals surface area contributed by atoms with E-state index in [1.54, 1.807) is 0 Å². The van der Waals surface area contributed by atoms with E-state index >= 15 is 0 Å². The summed E-state index contributed by atoms with van der Waals surface area (Å²) in [6.45, 7) is 4.49. The molecule has 2 fully saturated rings. The summed E-state index contributed by atoms with van der Waals surface area (Å²) in [4.78, 5) is 22.9. The minimum absolute atomic E-state index is 0.00100. The van der Waals surface area contributed by atoms with Crippen LogP contribution in [0.5, 0.6) is 0 Å². The zero-order valence-corrected chi connectivity index (χ0v) is 21.9. The maximum Gasteiger partial charge on any atom is 0.309 e. The predicted molar refractivity (Wildman–Crippen MR) is 142 cm³/mol. The average Bonchev–Trinajstić information content (AvgIpc) is 2.84. The molecule has 4 nitrogen and oxygen atoms in total. The van der Waals surface area contributed by atoms with Crippen LogP contribution in [0.1, 0.15) is 76.3 Å². The van der Waals surface area contributed by atoms with Crippen LogP contribution < -0.4 is 0 Å². The minimum atomic E-state index is -0.104. The summed E-state index contributed by atoms with van der Waals surface area (Å²) in [5.41, 5.74) is 2.33. The van der Waals surface area contributed by atoms with Crippen molar-refractivity contribution < 1.29 is 19.1 Å². The largest absolute Gasteiger partial charge is 0.461 e. The summed E-state index contributed by atoms with van der Waals surface area (Å²) in [6, 6.07) is 21.0. The molecular formula is C30H38O4S. The van der Waals surface area contributed by atoms with Crippen molar-refractivity contribution in [3.05, 3.63) is 71.8 Å². The third kappa shape index (κ3) is 6.11. The Morgan fingerprint density at radius 3 is 1.40 bits per heavy atom. The number of unbranched alkanes of at least 4 members (excludes halogenated alkanes) is 2. The van der Waals surface area contributed by atoms with Gasteiger partial charge < -0.3 is 9.47 Å². The molecule has 2 aromatic carbocycles. The molecule has 5 heteroatoms.